The van der Waals surface area contributed by atoms with E-state index in [9.17, 15) is 10.1 Å². The van der Waals surface area contributed by atoms with Crippen molar-refractivity contribution in [2.24, 2.45) is 0 Å². The van der Waals surface area contributed by atoms with Crippen molar-refractivity contribution in [1.82, 2.24) is 4.57 Å². The van der Waals surface area contributed by atoms with E-state index in [4.69, 9.17) is 32.7 Å². The Balaban J connectivity index is 2.42. The number of carbonyl (C=O) groups excluding carboxylic acids is 1. The molecule has 0 saturated carbocycles. The predicted molar refractivity (Wildman–Crippen MR) is 102 cm³/mol. The number of carbonyl (C=O) groups is 1. The van der Waals surface area contributed by atoms with Crippen molar-refractivity contribution in [2.45, 2.75) is 13.8 Å². The standard InChI is InChI=1S/C19H18Cl2N2O3/c1-12-9-14(10-15(11-22)19(24)26-8-7-25-3)13(2)23(12)17-6-4-5-16(20)18(17)21/h4-6,9-10H,7-8H2,1-3H3/b15-10+. The summed E-state index contributed by atoms with van der Waals surface area (Å²) in [7, 11) is 1.50. The molecule has 0 bridgehead atoms. The average molecular weight is 393 g/mol. The first-order valence-electron chi connectivity index (χ1n) is 7.81. The van der Waals surface area contributed by atoms with Gasteiger partial charge in [0, 0.05) is 18.5 Å². The van der Waals surface area contributed by atoms with Crippen LogP contribution in [0.4, 0.5) is 0 Å². The van der Waals surface area contributed by atoms with Gasteiger partial charge in [-0.3, -0.25) is 0 Å². The van der Waals surface area contributed by atoms with Crippen molar-refractivity contribution in [3.63, 3.8) is 0 Å². The van der Waals surface area contributed by atoms with Crippen molar-refractivity contribution in [3.8, 4) is 11.8 Å². The molecule has 5 nitrogen and oxygen atoms in total. The highest BCUT2D eigenvalue weighted by Crippen LogP contribution is 2.32. The Labute approximate surface area is 162 Å². The number of rotatable bonds is 6. The fourth-order valence-corrected chi connectivity index (χ4v) is 2.94. The maximum absolute atomic E-state index is 12.0. The van der Waals surface area contributed by atoms with E-state index in [1.54, 1.807) is 6.07 Å². The number of halogens is 2. The van der Waals surface area contributed by atoms with Gasteiger partial charge in [0.1, 0.15) is 18.2 Å². The zero-order chi connectivity index (χ0) is 19.3. The van der Waals surface area contributed by atoms with Crippen LogP contribution in [0.15, 0.2) is 29.8 Å². The van der Waals surface area contributed by atoms with Crippen LogP contribution in [0.25, 0.3) is 11.8 Å². The van der Waals surface area contributed by atoms with Crippen LogP contribution in [0.2, 0.25) is 10.0 Å². The van der Waals surface area contributed by atoms with Crippen LogP contribution in [0.5, 0.6) is 0 Å². The number of esters is 1. The van der Waals surface area contributed by atoms with Gasteiger partial charge in [0.15, 0.2) is 0 Å². The summed E-state index contributed by atoms with van der Waals surface area (Å²) in [6.45, 7) is 4.14. The monoisotopic (exact) mass is 392 g/mol. The number of nitriles is 1. The lowest BCUT2D eigenvalue weighted by atomic mass is 10.1. The Kier molecular flexibility index (Phi) is 6.87. The van der Waals surface area contributed by atoms with Gasteiger partial charge in [-0.2, -0.15) is 5.26 Å². The number of nitrogens with zero attached hydrogens (tertiary/aromatic N) is 2. The molecule has 0 saturated heterocycles. The van der Waals surface area contributed by atoms with Gasteiger partial charge in [0.25, 0.3) is 0 Å². The van der Waals surface area contributed by atoms with Crippen LogP contribution >= 0.6 is 23.2 Å². The zero-order valence-electron chi connectivity index (χ0n) is 14.7. The summed E-state index contributed by atoms with van der Waals surface area (Å²) in [6.07, 6.45) is 1.51. The molecular formula is C19H18Cl2N2O3. The van der Waals surface area contributed by atoms with E-state index in [0.29, 0.717) is 10.0 Å². The third-order valence-electron chi connectivity index (χ3n) is 3.80. The van der Waals surface area contributed by atoms with Gasteiger partial charge in [-0.1, -0.05) is 29.3 Å². The smallest absolute Gasteiger partial charge is 0.348 e. The highest BCUT2D eigenvalue weighted by atomic mass is 35.5. The van der Waals surface area contributed by atoms with E-state index >= 15 is 0 Å². The lowest BCUT2D eigenvalue weighted by Gasteiger charge is -2.12. The summed E-state index contributed by atoms with van der Waals surface area (Å²) in [4.78, 5) is 12.0. The fraction of sp³-hybridized carbons (Fsp3) is 0.263. The first-order valence-corrected chi connectivity index (χ1v) is 8.57. The van der Waals surface area contributed by atoms with Crippen molar-refractivity contribution in [1.29, 1.82) is 5.26 Å². The molecule has 0 aliphatic heterocycles. The van der Waals surface area contributed by atoms with Gasteiger partial charge in [-0.05, 0) is 43.7 Å². The lowest BCUT2D eigenvalue weighted by Crippen LogP contribution is -2.11. The minimum Gasteiger partial charge on any atom is -0.459 e. The quantitative estimate of drug-likeness (QED) is 0.314. The first-order chi connectivity index (χ1) is 12.4. The summed E-state index contributed by atoms with van der Waals surface area (Å²) in [6, 6.07) is 9.13. The molecule has 2 aromatic rings. The molecular weight excluding hydrogens is 375 g/mol. The largest absolute Gasteiger partial charge is 0.459 e. The van der Waals surface area contributed by atoms with Crippen LogP contribution in [0.3, 0.4) is 0 Å². The highest BCUT2D eigenvalue weighted by molar-refractivity contribution is 6.43. The molecule has 2 rings (SSSR count). The molecule has 26 heavy (non-hydrogen) atoms. The molecule has 0 N–H and O–H groups in total. The Morgan fingerprint density at radius 3 is 2.69 bits per heavy atom. The maximum Gasteiger partial charge on any atom is 0.348 e. The number of benzene rings is 1. The van der Waals surface area contributed by atoms with E-state index < -0.39 is 5.97 Å². The number of methoxy groups -OCH3 is 1. The van der Waals surface area contributed by atoms with E-state index in [0.717, 1.165) is 22.6 Å². The molecule has 0 radical (unpaired) electrons. The van der Waals surface area contributed by atoms with Gasteiger partial charge in [0.05, 0.1) is 22.3 Å². The third-order valence-corrected chi connectivity index (χ3v) is 4.61. The highest BCUT2D eigenvalue weighted by Gasteiger charge is 2.16. The Bertz CT molecular complexity index is 895. The van der Waals surface area contributed by atoms with Crippen molar-refractivity contribution < 1.29 is 14.3 Å². The van der Waals surface area contributed by atoms with Gasteiger partial charge in [-0.25, -0.2) is 4.79 Å². The van der Waals surface area contributed by atoms with Crippen molar-refractivity contribution in [3.05, 3.63) is 56.8 Å². The molecule has 0 amide bonds. The Hall–Kier alpha value is -2.26. The third kappa shape index (κ3) is 4.28. The fourth-order valence-electron chi connectivity index (χ4n) is 2.56. The topological polar surface area (TPSA) is 64.2 Å². The number of aromatic nitrogens is 1. The van der Waals surface area contributed by atoms with Crippen LogP contribution in [-0.4, -0.2) is 30.9 Å². The molecule has 0 fully saturated rings. The second-order valence-electron chi connectivity index (χ2n) is 5.53. The predicted octanol–water partition coefficient (Wildman–Crippen LogP) is 4.50. The molecule has 1 aromatic heterocycles. The average Bonchev–Trinajstić information content (AvgIpc) is 2.89. The van der Waals surface area contributed by atoms with Gasteiger partial charge in [-0.15, -0.1) is 0 Å². The van der Waals surface area contributed by atoms with Gasteiger partial charge in [0.2, 0.25) is 0 Å². The molecule has 0 spiro atoms. The molecule has 7 heteroatoms. The Morgan fingerprint density at radius 2 is 2.04 bits per heavy atom. The van der Waals surface area contributed by atoms with Gasteiger partial charge >= 0.3 is 5.97 Å². The number of hydrogen-bond acceptors (Lipinski definition) is 4. The van der Waals surface area contributed by atoms with Crippen molar-refractivity contribution >= 4 is 35.2 Å². The SMILES string of the molecule is COCCOC(=O)/C(C#N)=C/c1cc(C)n(-c2cccc(Cl)c2Cl)c1C. The van der Waals surface area contributed by atoms with E-state index in [-0.39, 0.29) is 18.8 Å². The van der Waals surface area contributed by atoms with Gasteiger partial charge < -0.3 is 14.0 Å². The normalized spacial score (nSPS) is 11.3. The van der Waals surface area contributed by atoms with Crippen LogP contribution in [0, 0.1) is 25.2 Å². The van der Waals surface area contributed by atoms with E-state index in [1.165, 1.54) is 13.2 Å². The molecule has 0 atom stereocenters. The van der Waals surface area contributed by atoms with E-state index in [1.807, 2.05) is 42.7 Å². The van der Waals surface area contributed by atoms with Crippen LogP contribution in [-0.2, 0) is 14.3 Å². The summed E-state index contributed by atoms with van der Waals surface area (Å²) in [5.74, 6) is -0.685. The first kappa shape index (κ1) is 20.1. The maximum atomic E-state index is 12.0. The number of aryl methyl sites for hydroxylation is 1. The van der Waals surface area contributed by atoms with E-state index in [2.05, 4.69) is 0 Å². The minimum absolute atomic E-state index is 0.0847. The number of hydrogen-bond donors (Lipinski definition) is 0. The molecule has 1 aromatic carbocycles. The summed E-state index contributed by atoms with van der Waals surface area (Å²) in [5.41, 5.74) is 3.08. The number of ether oxygens (including phenoxy) is 2. The summed E-state index contributed by atoms with van der Waals surface area (Å²) >= 11 is 12.4. The summed E-state index contributed by atoms with van der Waals surface area (Å²) in [5, 5.41) is 10.2. The molecule has 1 heterocycles. The van der Waals surface area contributed by atoms with Crippen LogP contribution in [0.1, 0.15) is 17.0 Å². The second kappa shape index (κ2) is 8.91. The molecule has 0 aliphatic carbocycles. The zero-order valence-corrected chi connectivity index (χ0v) is 16.2. The molecule has 0 aliphatic rings. The molecule has 136 valence electrons. The minimum atomic E-state index is -0.685. The molecule has 0 unspecified atom stereocenters. The lowest BCUT2D eigenvalue weighted by molar-refractivity contribution is -0.139. The Morgan fingerprint density at radius 1 is 1.31 bits per heavy atom. The second-order valence-corrected chi connectivity index (χ2v) is 6.32. The van der Waals surface area contributed by atoms with Crippen LogP contribution < -0.4 is 0 Å². The van der Waals surface area contributed by atoms with Crippen molar-refractivity contribution in [2.75, 3.05) is 20.3 Å². The summed E-state index contributed by atoms with van der Waals surface area (Å²) < 4.78 is 11.8.